The lowest BCUT2D eigenvalue weighted by Crippen LogP contribution is -2.41. The van der Waals surface area contributed by atoms with Crippen LogP contribution in [-0.2, 0) is 0 Å². The maximum atomic E-state index is 12.2. The maximum absolute atomic E-state index is 12.2. The van der Waals surface area contributed by atoms with Crippen LogP contribution in [0.2, 0.25) is 5.02 Å². The minimum absolute atomic E-state index is 0.134. The van der Waals surface area contributed by atoms with E-state index in [0.29, 0.717) is 10.8 Å². The molecule has 26 heavy (non-hydrogen) atoms. The van der Waals surface area contributed by atoms with E-state index in [0.717, 1.165) is 16.8 Å². The van der Waals surface area contributed by atoms with Crippen LogP contribution >= 0.6 is 23.8 Å². The third-order valence-corrected chi connectivity index (χ3v) is 4.22. The quantitative estimate of drug-likeness (QED) is 0.454. The van der Waals surface area contributed by atoms with Crippen LogP contribution in [0.1, 0.15) is 16.1 Å². The van der Waals surface area contributed by atoms with Crippen LogP contribution in [0.4, 0.5) is 5.69 Å². The number of hydrogen-bond acceptors (Lipinski definition) is 4. The Kier molecular flexibility index (Phi) is 5.55. The van der Waals surface area contributed by atoms with E-state index in [1.165, 1.54) is 0 Å². The Morgan fingerprint density at radius 1 is 1.08 bits per heavy atom. The van der Waals surface area contributed by atoms with Gasteiger partial charge >= 0.3 is 0 Å². The molecule has 1 heterocycles. The normalized spacial score (nSPS) is 10.2. The van der Waals surface area contributed by atoms with Gasteiger partial charge in [-0.3, -0.25) is 21.0 Å². The predicted molar refractivity (Wildman–Crippen MR) is 107 cm³/mol. The maximum Gasteiger partial charge on any atom is 0.293 e. The number of aryl methyl sites for hydroxylation is 1. The Hall–Kier alpha value is -2.83. The molecule has 3 N–H and O–H groups in total. The number of rotatable bonds is 4. The number of carbonyl (C=O) groups is 1. The summed E-state index contributed by atoms with van der Waals surface area (Å²) in [6.07, 6.45) is 0. The molecule has 0 aliphatic carbocycles. The van der Waals surface area contributed by atoms with Crippen molar-refractivity contribution in [2.24, 2.45) is 0 Å². The number of amides is 1. The van der Waals surface area contributed by atoms with E-state index < -0.39 is 5.91 Å². The summed E-state index contributed by atoms with van der Waals surface area (Å²) in [5.74, 6) is 0.265. The second kappa shape index (κ2) is 8.03. The fourth-order valence-electron chi connectivity index (χ4n) is 2.21. The van der Waals surface area contributed by atoms with Crippen molar-refractivity contribution < 1.29 is 9.21 Å². The average Bonchev–Trinajstić information content (AvgIpc) is 3.13. The lowest BCUT2D eigenvalue weighted by molar-refractivity contribution is 0.0950. The van der Waals surface area contributed by atoms with Crippen molar-refractivity contribution in [1.82, 2.24) is 10.7 Å². The Morgan fingerprint density at radius 3 is 2.58 bits per heavy atom. The van der Waals surface area contributed by atoms with Gasteiger partial charge in [-0.2, -0.15) is 0 Å². The van der Waals surface area contributed by atoms with Crippen molar-refractivity contribution in [3.8, 4) is 11.3 Å². The van der Waals surface area contributed by atoms with Gasteiger partial charge in [0.05, 0.1) is 5.69 Å². The molecule has 0 saturated carbocycles. The number of halogens is 1. The highest BCUT2D eigenvalue weighted by Crippen LogP contribution is 2.26. The molecule has 3 aromatic rings. The highest BCUT2D eigenvalue weighted by atomic mass is 35.5. The summed E-state index contributed by atoms with van der Waals surface area (Å²) in [6.45, 7) is 1.92. The molecule has 1 aromatic heterocycles. The minimum Gasteiger partial charge on any atom is -0.451 e. The molecule has 0 saturated heterocycles. The fraction of sp³-hybridized carbons (Fsp3) is 0.0526. The van der Waals surface area contributed by atoms with Gasteiger partial charge < -0.3 is 4.42 Å². The molecule has 0 atom stereocenters. The number of anilines is 1. The van der Waals surface area contributed by atoms with E-state index in [4.69, 9.17) is 28.2 Å². The second-order valence-electron chi connectivity index (χ2n) is 5.53. The van der Waals surface area contributed by atoms with Crippen LogP contribution in [0.15, 0.2) is 65.1 Å². The molecule has 3 rings (SSSR count). The summed E-state index contributed by atoms with van der Waals surface area (Å²) in [5.41, 5.74) is 8.23. The number of nitrogens with one attached hydrogen (secondary N) is 3. The van der Waals surface area contributed by atoms with Gasteiger partial charge in [0, 0.05) is 10.6 Å². The Morgan fingerprint density at radius 2 is 1.85 bits per heavy atom. The molecule has 1 amide bonds. The average molecular weight is 386 g/mol. The van der Waals surface area contributed by atoms with Crippen molar-refractivity contribution >= 4 is 40.5 Å². The summed E-state index contributed by atoms with van der Waals surface area (Å²) >= 11 is 11.2. The SMILES string of the molecule is Cc1ccc(-c2ccc(C(=O)NC(=S)NNc3ccccc3)o2)cc1Cl. The molecule has 0 aliphatic heterocycles. The highest BCUT2D eigenvalue weighted by Gasteiger charge is 2.14. The number of hydrogen-bond donors (Lipinski definition) is 3. The van der Waals surface area contributed by atoms with Crippen LogP contribution in [-0.4, -0.2) is 11.0 Å². The zero-order valence-corrected chi connectivity index (χ0v) is 15.4. The lowest BCUT2D eigenvalue weighted by Gasteiger charge is -2.10. The van der Waals surface area contributed by atoms with Crippen molar-refractivity contribution in [2.75, 3.05) is 5.43 Å². The molecule has 0 spiro atoms. The van der Waals surface area contributed by atoms with Crippen molar-refractivity contribution in [3.05, 3.63) is 77.0 Å². The first-order chi connectivity index (χ1) is 12.5. The molecule has 0 bridgehead atoms. The third-order valence-electron chi connectivity index (χ3n) is 3.61. The minimum atomic E-state index is -0.443. The summed E-state index contributed by atoms with van der Waals surface area (Å²) in [5, 5.41) is 3.33. The molecule has 0 unspecified atom stereocenters. The van der Waals surface area contributed by atoms with Crippen LogP contribution in [0.5, 0.6) is 0 Å². The lowest BCUT2D eigenvalue weighted by atomic mass is 10.1. The second-order valence-corrected chi connectivity index (χ2v) is 6.34. The standard InChI is InChI=1S/C19H16ClN3O2S/c1-12-7-8-13(11-15(12)20)16-9-10-17(25-16)18(24)21-19(26)23-22-14-5-3-2-4-6-14/h2-11,22H,1H3,(H2,21,23,24,26). The molecule has 7 heteroatoms. The molecule has 0 aliphatic rings. The van der Waals surface area contributed by atoms with E-state index in [9.17, 15) is 4.79 Å². The Bertz CT molecular complexity index is 941. The number of carbonyl (C=O) groups excluding carboxylic acids is 1. The van der Waals surface area contributed by atoms with Gasteiger partial charge in [-0.1, -0.05) is 41.9 Å². The molecular weight excluding hydrogens is 370 g/mol. The van der Waals surface area contributed by atoms with Crippen LogP contribution in [0, 0.1) is 6.92 Å². The monoisotopic (exact) mass is 385 g/mol. The van der Waals surface area contributed by atoms with Gasteiger partial charge in [-0.25, -0.2) is 0 Å². The van der Waals surface area contributed by atoms with Gasteiger partial charge in [-0.15, -0.1) is 0 Å². The Balaban J connectivity index is 1.60. The van der Waals surface area contributed by atoms with Gasteiger partial charge in [-0.05, 0) is 55.0 Å². The van der Waals surface area contributed by atoms with Crippen molar-refractivity contribution in [1.29, 1.82) is 0 Å². The van der Waals surface area contributed by atoms with E-state index in [1.54, 1.807) is 18.2 Å². The van der Waals surface area contributed by atoms with Gasteiger partial charge in [0.2, 0.25) is 0 Å². The summed E-state index contributed by atoms with van der Waals surface area (Å²) in [6, 6.07) is 18.3. The van der Waals surface area contributed by atoms with E-state index in [-0.39, 0.29) is 10.9 Å². The Labute approximate surface area is 161 Å². The number of para-hydroxylation sites is 1. The summed E-state index contributed by atoms with van der Waals surface area (Å²) in [4.78, 5) is 12.2. The molecule has 0 radical (unpaired) electrons. The van der Waals surface area contributed by atoms with Gasteiger partial charge in [0.15, 0.2) is 10.9 Å². The van der Waals surface area contributed by atoms with E-state index in [1.807, 2.05) is 49.4 Å². The molecule has 0 fully saturated rings. The van der Waals surface area contributed by atoms with Crippen molar-refractivity contribution in [2.45, 2.75) is 6.92 Å². The zero-order chi connectivity index (χ0) is 18.5. The topological polar surface area (TPSA) is 66.3 Å². The first-order valence-corrected chi connectivity index (χ1v) is 8.60. The van der Waals surface area contributed by atoms with Crippen LogP contribution in [0.25, 0.3) is 11.3 Å². The van der Waals surface area contributed by atoms with Gasteiger partial charge in [0.1, 0.15) is 5.76 Å². The summed E-state index contributed by atoms with van der Waals surface area (Å²) < 4.78 is 5.61. The highest BCUT2D eigenvalue weighted by molar-refractivity contribution is 7.80. The smallest absolute Gasteiger partial charge is 0.293 e. The van der Waals surface area contributed by atoms with Gasteiger partial charge in [0.25, 0.3) is 5.91 Å². The zero-order valence-electron chi connectivity index (χ0n) is 13.9. The number of furan rings is 1. The number of hydrazine groups is 1. The van der Waals surface area contributed by atoms with Crippen LogP contribution < -0.4 is 16.2 Å². The first kappa shape index (κ1) is 18.0. The molecule has 5 nitrogen and oxygen atoms in total. The molecular formula is C19H16ClN3O2S. The van der Waals surface area contributed by atoms with E-state index in [2.05, 4.69) is 16.2 Å². The third kappa shape index (κ3) is 4.41. The van der Waals surface area contributed by atoms with Crippen molar-refractivity contribution in [3.63, 3.8) is 0 Å². The summed E-state index contributed by atoms with van der Waals surface area (Å²) in [7, 11) is 0. The van der Waals surface area contributed by atoms with E-state index >= 15 is 0 Å². The molecule has 2 aromatic carbocycles. The number of benzene rings is 2. The first-order valence-electron chi connectivity index (χ1n) is 7.81. The fourth-order valence-corrected chi connectivity index (χ4v) is 2.53. The largest absolute Gasteiger partial charge is 0.451 e. The molecule has 132 valence electrons. The predicted octanol–water partition coefficient (Wildman–Crippen LogP) is 4.54. The number of thiocarbonyl (C=S) groups is 1. The van der Waals surface area contributed by atoms with Crippen LogP contribution in [0.3, 0.4) is 0 Å².